The van der Waals surface area contributed by atoms with Gasteiger partial charge in [-0.3, -0.25) is 4.79 Å². The zero-order valence-electron chi connectivity index (χ0n) is 8.51. The standard InChI is InChI=1S/C10H19ClO2/c1-3-9(11)7-5-6-8-10(12)13-4-2/h9H,3-8H2,1-2H3. The van der Waals surface area contributed by atoms with Crippen LogP contribution in [0.1, 0.15) is 46.0 Å². The van der Waals surface area contributed by atoms with Crippen molar-refractivity contribution in [3.8, 4) is 0 Å². The van der Waals surface area contributed by atoms with E-state index < -0.39 is 0 Å². The fourth-order valence-corrected chi connectivity index (χ4v) is 1.23. The van der Waals surface area contributed by atoms with Crippen molar-refractivity contribution in [2.45, 2.75) is 51.3 Å². The topological polar surface area (TPSA) is 26.3 Å². The van der Waals surface area contributed by atoms with Crippen molar-refractivity contribution in [1.82, 2.24) is 0 Å². The number of carbonyl (C=O) groups is 1. The summed E-state index contributed by atoms with van der Waals surface area (Å²) in [6.07, 6.45) is 4.43. The van der Waals surface area contributed by atoms with Gasteiger partial charge >= 0.3 is 5.97 Å². The van der Waals surface area contributed by atoms with Crippen LogP contribution in [0, 0.1) is 0 Å². The maximum absolute atomic E-state index is 10.9. The molecule has 1 unspecified atom stereocenters. The molecule has 0 saturated carbocycles. The van der Waals surface area contributed by atoms with E-state index in [9.17, 15) is 4.79 Å². The first-order valence-electron chi connectivity index (χ1n) is 5.00. The Balaban J connectivity index is 3.20. The van der Waals surface area contributed by atoms with Crippen molar-refractivity contribution in [2.75, 3.05) is 6.61 Å². The summed E-state index contributed by atoms with van der Waals surface area (Å²) in [6.45, 7) is 4.37. The molecule has 0 aromatic rings. The number of rotatable bonds is 7. The Kier molecular flexibility index (Phi) is 8.21. The third-order valence-corrected chi connectivity index (χ3v) is 2.42. The average molecular weight is 207 g/mol. The van der Waals surface area contributed by atoms with Crippen molar-refractivity contribution in [1.29, 1.82) is 0 Å². The SMILES string of the molecule is CCOC(=O)CCCCC(Cl)CC. The highest BCUT2D eigenvalue weighted by atomic mass is 35.5. The van der Waals surface area contributed by atoms with Crippen molar-refractivity contribution in [3.63, 3.8) is 0 Å². The van der Waals surface area contributed by atoms with Crippen LogP contribution in [0.4, 0.5) is 0 Å². The predicted octanol–water partition coefficient (Wildman–Crippen LogP) is 3.13. The number of unbranched alkanes of at least 4 members (excludes halogenated alkanes) is 1. The first-order chi connectivity index (χ1) is 6.20. The molecule has 0 saturated heterocycles. The maximum atomic E-state index is 10.9. The Bertz CT molecular complexity index is 137. The number of alkyl halides is 1. The molecule has 0 amide bonds. The summed E-state index contributed by atoms with van der Waals surface area (Å²) in [6, 6.07) is 0. The van der Waals surface area contributed by atoms with E-state index in [-0.39, 0.29) is 11.3 Å². The van der Waals surface area contributed by atoms with Crippen LogP contribution in [0.5, 0.6) is 0 Å². The van der Waals surface area contributed by atoms with Crippen molar-refractivity contribution in [3.05, 3.63) is 0 Å². The van der Waals surface area contributed by atoms with Gasteiger partial charge in [-0.15, -0.1) is 11.6 Å². The molecule has 0 aromatic heterocycles. The van der Waals surface area contributed by atoms with Gasteiger partial charge in [0.05, 0.1) is 6.61 Å². The average Bonchev–Trinajstić information content (AvgIpc) is 2.12. The molecule has 0 rings (SSSR count). The number of halogens is 1. The lowest BCUT2D eigenvalue weighted by atomic mass is 10.1. The van der Waals surface area contributed by atoms with Crippen LogP contribution in [0.2, 0.25) is 0 Å². The van der Waals surface area contributed by atoms with Crippen LogP contribution >= 0.6 is 11.6 Å². The molecular weight excluding hydrogens is 188 g/mol. The Morgan fingerprint density at radius 3 is 2.62 bits per heavy atom. The minimum absolute atomic E-state index is 0.0925. The minimum atomic E-state index is -0.0925. The van der Waals surface area contributed by atoms with Gasteiger partial charge in [0.2, 0.25) is 0 Å². The van der Waals surface area contributed by atoms with Gasteiger partial charge in [0.25, 0.3) is 0 Å². The molecule has 0 aliphatic heterocycles. The Morgan fingerprint density at radius 1 is 1.38 bits per heavy atom. The summed E-state index contributed by atoms with van der Waals surface area (Å²) in [5, 5.41) is 0.266. The zero-order chi connectivity index (χ0) is 10.1. The highest BCUT2D eigenvalue weighted by Gasteiger charge is 2.03. The molecule has 0 bridgehead atoms. The molecule has 1 atom stereocenters. The van der Waals surface area contributed by atoms with Crippen LogP contribution in [-0.2, 0) is 9.53 Å². The van der Waals surface area contributed by atoms with E-state index in [4.69, 9.17) is 16.3 Å². The smallest absolute Gasteiger partial charge is 0.305 e. The molecule has 2 nitrogen and oxygen atoms in total. The lowest BCUT2D eigenvalue weighted by Gasteiger charge is -2.05. The normalized spacial score (nSPS) is 12.5. The molecule has 0 aliphatic rings. The Labute approximate surface area is 85.6 Å². The highest BCUT2D eigenvalue weighted by Crippen LogP contribution is 2.12. The molecule has 0 spiro atoms. The molecule has 0 heterocycles. The van der Waals surface area contributed by atoms with Gasteiger partial charge < -0.3 is 4.74 Å². The number of carbonyl (C=O) groups excluding carboxylic acids is 1. The number of esters is 1. The molecule has 13 heavy (non-hydrogen) atoms. The van der Waals surface area contributed by atoms with Crippen LogP contribution in [0.3, 0.4) is 0 Å². The van der Waals surface area contributed by atoms with Gasteiger partial charge in [-0.2, -0.15) is 0 Å². The van der Waals surface area contributed by atoms with Crippen molar-refractivity contribution >= 4 is 17.6 Å². The quantitative estimate of drug-likeness (QED) is 0.364. The molecule has 78 valence electrons. The molecule has 0 aliphatic carbocycles. The zero-order valence-corrected chi connectivity index (χ0v) is 9.27. The summed E-state index contributed by atoms with van der Waals surface area (Å²) >= 11 is 5.93. The number of ether oxygens (including phenoxy) is 1. The van der Waals surface area contributed by atoms with Crippen molar-refractivity contribution in [2.24, 2.45) is 0 Å². The molecule has 3 heteroatoms. The van der Waals surface area contributed by atoms with E-state index in [1.807, 2.05) is 6.92 Å². The molecule has 0 radical (unpaired) electrons. The van der Waals surface area contributed by atoms with Gasteiger partial charge in [-0.25, -0.2) is 0 Å². The lowest BCUT2D eigenvalue weighted by Crippen LogP contribution is -2.04. The molecule has 0 N–H and O–H groups in total. The van der Waals surface area contributed by atoms with Gasteiger partial charge in [0.1, 0.15) is 0 Å². The third kappa shape index (κ3) is 8.10. The van der Waals surface area contributed by atoms with E-state index >= 15 is 0 Å². The Morgan fingerprint density at radius 2 is 2.08 bits per heavy atom. The van der Waals surface area contributed by atoms with Crippen LogP contribution in [0.15, 0.2) is 0 Å². The van der Waals surface area contributed by atoms with Crippen LogP contribution in [-0.4, -0.2) is 18.0 Å². The summed E-state index contributed by atoms with van der Waals surface area (Å²) in [5.41, 5.74) is 0. The second-order valence-electron chi connectivity index (χ2n) is 3.06. The van der Waals surface area contributed by atoms with E-state index in [2.05, 4.69) is 6.92 Å². The fraction of sp³-hybridized carbons (Fsp3) is 0.900. The molecule has 0 aromatic carbocycles. The largest absolute Gasteiger partial charge is 0.466 e. The Hall–Kier alpha value is -0.240. The summed E-state index contributed by atoms with van der Waals surface area (Å²) in [5.74, 6) is -0.0925. The first-order valence-corrected chi connectivity index (χ1v) is 5.44. The van der Waals surface area contributed by atoms with Gasteiger partial charge in [-0.1, -0.05) is 13.3 Å². The second-order valence-corrected chi connectivity index (χ2v) is 3.67. The molecule has 0 fully saturated rings. The van der Waals surface area contributed by atoms with E-state index in [0.717, 1.165) is 25.7 Å². The van der Waals surface area contributed by atoms with Gasteiger partial charge in [-0.05, 0) is 26.2 Å². The van der Waals surface area contributed by atoms with Crippen molar-refractivity contribution < 1.29 is 9.53 Å². The van der Waals surface area contributed by atoms with Crippen LogP contribution < -0.4 is 0 Å². The van der Waals surface area contributed by atoms with E-state index in [0.29, 0.717) is 13.0 Å². The van der Waals surface area contributed by atoms with Gasteiger partial charge in [0.15, 0.2) is 0 Å². The van der Waals surface area contributed by atoms with E-state index in [1.54, 1.807) is 0 Å². The van der Waals surface area contributed by atoms with Gasteiger partial charge in [0, 0.05) is 11.8 Å². The predicted molar refractivity (Wildman–Crippen MR) is 55.0 cm³/mol. The van der Waals surface area contributed by atoms with Crippen LogP contribution in [0.25, 0.3) is 0 Å². The lowest BCUT2D eigenvalue weighted by molar-refractivity contribution is -0.143. The minimum Gasteiger partial charge on any atom is -0.466 e. The fourth-order valence-electron chi connectivity index (χ4n) is 1.07. The summed E-state index contributed by atoms with van der Waals surface area (Å²) < 4.78 is 4.80. The third-order valence-electron chi connectivity index (χ3n) is 1.90. The number of hydrogen-bond acceptors (Lipinski definition) is 2. The van der Waals surface area contributed by atoms with E-state index in [1.165, 1.54) is 0 Å². The monoisotopic (exact) mass is 206 g/mol. The second kappa shape index (κ2) is 8.36. The maximum Gasteiger partial charge on any atom is 0.305 e. The summed E-state index contributed by atoms with van der Waals surface area (Å²) in [4.78, 5) is 10.9. The number of hydrogen-bond donors (Lipinski definition) is 0. The highest BCUT2D eigenvalue weighted by molar-refractivity contribution is 6.20. The molecular formula is C10H19ClO2. The summed E-state index contributed by atoms with van der Waals surface area (Å²) in [7, 11) is 0. The first kappa shape index (κ1) is 12.8.